The Balaban J connectivity index is 1.23. The van der Waals surface area contributed by atoms with Gasteiger partial charge in [0, 0.05) is 24.9 Å². The second kappa shape index (κ2) is 7.16. The lowest BCUT2D eigenvalue weighted by molar-refractivity contribution is -0.136. The Labute approximate surface area is 177 Å². The molecule has 7 nitrogen and oxygen atoms in total. The molecule has 30 heavy (non-hydrogen) atoms. The Morgan fingerprint density at radius 3 is 2.57 bits per heavy atom. The fraction of sp³-hybridized carbons (Fsp3) is 0.783. The van der Waals surface area contributed by atoms with Gasteiger partial charge in [-0.1, -0.05) is 0 Å². The summed E-state index contributed by atoms with van der Waals surface area (Å²) in [5.41, 5.74) is 0.788. The van der Waals surface area contributed by atoms with Crippen LogP contribution in [0.3, 0.4) is 0 Å². The predicted octanol–water partition coefficient (Wildman–Crippen LogP) is 2.96. The second-order valence-electron chi connectivity index (χ2n) is 10.5. The first kappa shape index (κ1) is 19.0. The highest BCUT2D eigenvalue weighted by Gasteiger charge is 2.55. The van der Waals surface area contributed by atoms with Crippen molar-refractivity contribution in [2.75, 3.05) is 11.9 Å². The van der Waals surface area contributed by atoms with Gasteiger partial charge in [0.1, 0.15) is 6.10 Å². The molecule has 1 aliphatic heterocycles. The number of amides is 1. The van der Waals surface area contributed by atoms with E-state index in [0.29, 0.717) is 41.9 Å². The molecular weight excluding hydrogens is 380 g/mol. The molecule has 1 saturated heterocycles. The SMILES string of the molecule is O=C(NC1C2CC3CC1CC(O)(C3)C2)c1cnc(NC2CCC2)nc1[C@H]1CCCO1. The summed E-state index contributed by atoms with van der Waals surface area (Å²) in [7, 11) is 0. The molecule has 5 saturated carbocycles. The zero-order valence-corrected chi connectivity index (χ0v) is 17.5. The van der Waals surface area contributed by atoms with Crippen LogP contribution in [0, 0.1) is 17.8 Å². The van der Waals surface area contributed by atoms with Crippen LogP contribution in [0.5, 0.6) is 0 Å². The average Bonchev–Trinajstić information content (AvgIpc) is 3.21. The van der Waals surface area contributed by atoms with Gasteiger partial charge in [-0.25, -0.2) is 9.97 Å². The fourth-order valence-electron chi connectivity index (χ4n) is 6.86. The van der Waals surface area contributed by atoms with Crippen molar-refractivity contribution >= 4 is 11.9 Å². The monoisotopic (exact) mass is 412 g/mol. The Morgan fingerprint density at radius 1 is 1.13 bits per heavy atom. The molecule has 0 spiro atoms. The number of aromatic nitrogens is 2. The molecule has 3 atom stereocenters. The normalized spacial score (nSPS) is 39.7. The average molecular weight is 413 g/mol. The van der Waals surface area contributed by atoms with Crippen molar-refractivity contribution in [1.29, 1.82) is 0 Å². The molecular formula is C23H32N4O3. The lowest BCUT2D eigenvalue weighted by Crippen LogP contribution is -2.61. The van der Waals surface area contributed by atoms with Crippen LogP contribution in [0.1, 0.15) is 86.4 Å². The maximum Gasteiger partial charge on any atom is 0.255 e. The van der Waals surface area contributed by atoms with Crippen LogP contribution in [-0.2, 0) is 4.74 Å². The summed E-state index contributed by atoms with van der Waals surface area (Å²) < 4.78 is 5.90. The van der Waals surface area contributed by atoms with Gasteiger partial charge in [0.15, 0.2) is 0 Å². The first-order chi connectivity index (χ1) is 14.6. The number of rotatable bonds is 5. The van der Waals surface area contributed by atoms with Crippen LogP contribution >= 0.6 is 0 Å². The lowest BCUT2D eigenvalue weighted by atomic mass is 9.52. The minimum Gasteiger partial charge on any atom is -0.390 e. The standard InChI is InChI=1S/C23H32N4O3/c28-21(26-19-14-7-13-8-15(19)11-23(29,9-13)10-14)17-12-24-22(25-16-3-1-4-16)27-20(17)18-5-2-6-30-18/h12-16,18-19,29H,1-11H2,(H,26,28)(H,24,25,27)/t13?,14?,15?,18-,19?,23?/m1/s1. The Hall–Kier alpha value is -1.73. The molecule has 1 aromatic heterocycles. The van der Waals surface area contributed by atoms with E-state index in [9.17, 15) is 9.90 Å². The molecule has 162 valence electrons. The summed E-state index contributed by atoms with van der Waals surface area (Å²) in [6, 6.07) is 0.598. The molecule has 6 aliphatic rings. The zero-order chi connectivity index (χ0) is 20.3. The topological polar surface area (TPSA) is 96.4 Å². The van der Waals surface area contributed by atoms with Gasteiger partial charge in [-0.3, -0.25) is 4.79 Å². The number of aliphatic hydroxyl groups is 1. The van der Waals surface area contributed by atoms with Crippen LogP contribution in [-0.4, -0.2) is 45.3 Å². The highest BCUT2D eigenvalue weighted by molar-refractivity contribution is 5.95. The largest absolute Gasteiger partial charge is 0.390 e. The maximum atomic E-state index is 13.4. The van der Waals surface area contributed by atoms with Crippen LogP contribution in [0.2, 0.25) is 0 Å². The summed E-state index contributed by atoms with van der Waals surface area (Å²) >= 11 is 0. The van der Waals surface area contributed by atoms with Crippen molar-refractivity contribution in [2.45, 2.75) is 88.0 Å². The Bertz CT molecular complexity index is 820. The number of carbonyl (C=O) groups excluding carboxylic acids is 1. The van der Waals surface area contributed by atoms with Crippen molar-refractivity contribution in [3.05, 3.63) is 17.5 Å². The molecule has 0 aromatic carbocycles. The predicted molar refractivity (Wildman–Crippen MR) is 111 cm³/mol. The van der Waals surface area contributed by atoms with Crippen LogP contribution in [0.25, 0.3) is 0 Å². The van der Waals surface area contributed by atoms with Gasteiger partial charge in [-0.2, -0.15) is 0 Å². The number of carbonyl (C=O) groups is 1. The fourth-order valence-corrected chi connectivity index (χ4v) is 6.86. The van der Waals surface area contributed by atoms with E-state index < -0.39 is 5.60 Å². The first-order valence-corrected chi connectivity index (χ1v) is 11.8. The molecule has 7 rings (SSSR count). The zero-order valence-electron chi connectivity index (χ0n) is 17.5. The minimum atomic E-state index is -0.488. The van der Waals surface area contributed by atoms with Gasteiger partial charge in [0.05, 0.1) is 16.9 Å². The molecule has 7 heteroatoms. The smallest absolute Gasteiger partial charge is 0.255 e. The number of hydrogen-bond donors (Lipinski definition) is 3. The van der Waals surface area contributed by atoms with Crippen molar-refractivity contribution in [1.82, 2.24) is 15.3 Å². The van der Waals surface area contributed by atoms with Crippen molar-refractivity contribution in [3.8, 4) is 0 Å². The summed E-state index contributed by atoms with van der Waals surface area (Å²) in [4.78, 5) is 22.6. The van der Waals surface area contributed by atoms with Crippen molar-refractivity contribution in [2.24, 2.45) is 17.8 Å². The molecule has 2 unspecified atom stereocenters. The lowest BCUT2D eigenvalue weighted by Gasteiger charge is -2.58. The second-order valence-corrected chi connectivity index (χ2v) is 10.5. The van der Waals surface area contributed by atoms with Crippen molar-refractivity contribution < 1.29 is 14.6 Å². The third-order valence-corrected chi connectivity index (χ3v) is 8.27. The molecule has 5 aliphatic carbocycles. The molecule has 6 fully saturated rings. The van der Waals surface area contributed by atoms with Gasteiger partial charge in [0.2, 0.25) is 5.95 Å². The van der Waals surface area contributed by atoms with Gasteiger partial charge < -0.3 is 20.5 Å². The minimum absolute atomic E-state index is 0.0832. The van der Waals surface area contributed by atoms with Gasteiger partial charge >= 0.3 is 0 Å². The van der Waals surface area contributed by atoms with E-state index >= 15 is 0 Å². The van der Waals surface area contributed by atoms with E-state index in [4.69, 9.17) is 9.72 Å². The molecule has 4 bridgehead atoms. The number of ether oxygens (including phenoxy) is 1. The van der Waals surface area contributed by atoms with E-state index in [2.05, 4.69) is 15.6 Å². The van der Waals surface area contributed by atoms with Crippen molar-refractivity contribution in [3.63, 3.8) is 0 Å². The Morgan fingerprint density at radius 2 is 1.93 bits per heavy atom. The van der Waals surface area contributed by atoms with E-state index in [1.807, 2.05) is 0 Å². The van der Waals surface area contributed by atoms with E-state index in [1.54, 1.807) is 6.20 Å². The van der Waals surface area contributed by atoms with Gasteiger partial charge in [0.25, 0.3) is 5.91 Å². The summed E-state index contributed by atoms with van der Waals surface area (Å²) in [6.07, 6.45) is 11.8. The summed E-state index contributed by atoms with van der Waals surface area (Å²) in [5.74, 6) is 1.93. The maximum absolute atomic E-state index is 13.4. The number of nitrogens with one attached hydrogen (secondary N) is 2. The van der Waals surface area contributed by atoms with Crippen LogP contribution in [0.15, 0.2) is 6.20 Å². The third kappa shape index (κ3) is 3.30. The quantitative estimate of drug-likeness (QED) is 0.688. The van der Waals surface area contributed by atoms with E-state index in [1.165, 1.54) is 6.42 Å². The molecule has 0 radical (unpaired) electrons. The molecule has 2 heterocycles. The summed E-state index contributed by atoms with van der Waals surface area (Å²) in [6.45, 7) is 0.716. The Kier molecular flexibility index (Phi) is 4.53. The van der Waals surface area contributed by atoms with E-state index in [-0.39, 0.29) is 18.1 Å². The van der Waals surface area contributed by atoms with Crippen LogP contribution < -0.4 is 10.6 Å². The number of hydrogen-bond acceptors (Lipinski definition) is 6. The highest BCUT2D eigenvalue weighted by Crippen LogP contribution is 2.55. The molecule has 1 amide bonds. The first-order valence-electron chi connectivity index (χ1n) is 11.8. The van der Waals surface area contributed by atoms with Gasteiger partial charge in [-0.05, 0) is 82.0 Å². The van der Waals surface area contributed by atoms with Gasteiger partial charge in [-0.15, -0.1) is 0 Å². The summed E-state index contributed by atoms with van der Waals surface area (Å²) in [5, 5.41) is 17.6. The number of nitrogens with zero attached hydrogens (tertiary/aromatic N) is 2. The van der Waals surface area contributed by atoms with E-state index in [0.717, 1.165) is 63.5 Å². The number of anilines is 1. The molecule has 1 aromatic rings. The van der Waals surface area contributed by atoms with Crippen LogP contribution in [0.4, 0.5) is 5.95 Å². The third-order valence-electron chi connectivity index (χ3n) is 8.27. The highest BCUT2D eigenvalue weighted by atomic mass is 16.5. The molecule has 3 N–H and O–H groups in total.